The van der Waals surface area contributed by atoms with Crippen LogP contribution in [-0.2, 0) is 13.6 Å². The molecule has 3 heterocycles. The molecule has 112 valence electrons. The van der Waals surface area contributed by atoms with Crippen LogP contribution in [0.5, 0.6) is 0 Å². The zero-order chi connectivity index (χ0) is 14.7. The van der Waals surface area contributed by atoms with E-state index in [1.54, 1.807) is 0 Å². The number of aryl methyl sites for hydroxylation is 1. The number of anilines is 1. The molecular weight excluding hydrogens is 262 g/mol. The molecule has 0 amide bonds. The Morgan fingerprint density at radius 2 is 2.29 bits per heavy atom. The standard InChI is InChI=1S/C16H23N5/c1-19(11-14-10-18-20(2)12-14)15-6-5-9-21(13-15)16-7-3-4-8-17-16/h3-4,7-8,10,12,15H,5-6,9,11,13H2,1-2H3/t15-/m1/s1. The number of hydrogen-bond acceptors (Lipinski definition) is 4. The van der Waals surface area contributed by atoms with Gasteiger partial charge in [0.05, 0.1) is 6.20 Å². The Bertz CT molecular complexity index is 565. The molecule has 0 spiro atoms. The van der Waals surface area contributed by atoms with Crippen LogP contribution < -0.4 is 4.90 Å². The lowest BCUT2D eigenvalue weighted by Gasteiger charge is -2.38. The highest BCUT2D eigenvalue weighted by molar-refractivity contribution is 5.38. The molecule has 1 saturated heterocycles. The molecule has 1 fully saturated rings. The van der Waals surface area contributed by atoms with Crippen molar-refractivity contribution in [2.45, 2.75) is 25.4 Å². The van der Waals surface area contributed by atoms with Crippen molar-refractivity contribution in [1.29, 1.82) is 0 Å². The lowest BCUT2D eigenvalue weighted by atomic mass is 10.0. The average molecular weight is 285 g/mol. The topological polar surface area (TPSA) is 37.2 Å². The maximum Gasteiger partial charge on any atom is 0.128 e. The smallest absolute Gasteiger partial charge is 0.128 e. The summed E-state index contributed by atoms with van der Waals surface area (Å²) in [5.41, 5.74) is 1.27. The third-order valence-electron chi connectivity index (χ3n) is 4.18. The summed E-state index contributed by atoms with van der Waals surface area (Å²) in [6.45, 7) is 3.11. The van der Waals surface area contributed by atoms with Gasteiger partial charge in [-0.2, -0.15) is 5.10 Å². The molecule has 0 aromatic carbocycles. The van der Waals surface area contributed by atoms with Crippen molar-refractivity contribution in [2.75, 3.05) is 25.0 Å². The molecule has 1 atom stereocenters. The fourth-order valence-corrected chi connectivity index (χ4v) is 3.03. The number of hydrogen-bond donors (Lipinski definition) is 0. The molecule has 5 heteroatoms. The average Bonchev–Trinajstić information content (AvgIpc) is 2.93. The van der Waals surface area contributed by atoms with Crippen LogP contribution in [0.25, 0.3) is 0 Å². The molecular formula is C16H23N5. The lowest BCUT2D eigenvalue weighted by molar-refractivity contribution is 0.207. The summed E-state index contributed by atoms with van der Waals surface area (Å²) in [5, 5.41) is 4.25. The normalized spacial score (nSPS) is 19.2. The van der Waals surface area contributed by atoms with Crippen LogP contribution in [0.4, 0.5) is 5.82 Å². The molecule has 0 radical (unpaired) electrons. The van der Waals surface area contributed by atoms with E-state index in [1.807, 2.05) is 30.2 Å². The zero-order valence-electron chi connectivity index (χ0n) is 12.8. The summed E-state index contributed by atoms with van der Waals surface area (Å²) in [4.78, 5) is 9.31. The van der Waals surface area contributed by atoms with E-state index in [-0.39, 0.29) is 0 Å². The van der Waals surface area contributed by atoms with Gasteiger partial charge in [0, 0.05) is 50.7 Å². The van der Waals surface area contributed by atoms with Crippen LogP contribution >= 0.6 is 0 Å². The fourth-order valence-electron chi connectivity index (χ4n) is 3.03. The molecule has 2 aromatic rings. The van der Waals surface area contributed by atoms with E-state index >= 15 is 0 Å². The van der Waals surface area contributed by atoms with Crippen molar-refractivity contribution in [2.24, 2.45) is 7.05 Å². The summed E-state index contributed by atoms with van der Waals surface area (Å²) < 4.78 is 1.87. The van der Waals surface area contributed by atoms with Crippen LogP contribution in [0.3, 0.4) is 0 Å². The number of rotatable bonds is 4. The van der Waals surface area contributed by atoms with Crippen LogP contribution in [0.15, 0.2) is 36.8 Å². The van der Waals surface area contributed by atoms with Gasteiger partial charge >= 0.3 is 0 Å². The van der Waals surface area contributed by atoms with E-state index in [2.05, 4.69) is 45.3 Å². The van der Waals surface area contributed by atoms with Gasteiger partial charge in [0.2, 0.25) is 0 Å². The Labute approximate surface area is 126 Å². The van der Waals surface area contributed by atoms with Crippen LogP contribution in [0.2, 0.25) is 0 Å². The lowest BCUT2D eigenvalue weighted by Crippen LogP contribution is -2.46. The van der Waals surface area contributed by atoms with Gasteiger partial charge in [0.15, 0.2) is 0 Å². The minimum Gasteiger partial charge on any atom is -0.355 e. The van der Waals surface area contributed by atoms with Crippen LogP contribution in [0.1, 0.15) is 18.4 Å². The van der Waals surface area contributed by atoms with Crippen molar-refractivity contribution in [3.05, 3.63) is 42.4 Å². The predicted molar refractivity (Wildman–Crippen MR) is 84.1 cm³/mol. The molecule has 0 unspecified atom stereocenters. The fraction of sp³-hybridized carbons (Fsp3) is 0.500. The van der Waals surface area contributed by atoms with Crippen molar-refractivity contribution >= 4 is 5.82 Å². The Balaban J connectivity index is 1.62. The van der Waals surface area contributed by atoms with Gasteiger partial charge in [-0.05, 0) is 32.0 Å². The van der Waals surface area contributed by atoms with Crippen molar-refractivity contribution in [3.63, 3.8) is 0 Å². The maximum atomic E-state index is 4.48. The zero-order valence-corrected chi connectivity index (χ0v) is 12.8. The molecule has 0 saturated carbocycles. The number of nitrogens with zero attached hydrogens (tertiary/aromatic N) is 5. The molecule has 0 aliphatic carbocycles. The van der Waals surface area contributed by atoms with Gasteiger partial charge in [-0.25, -0.2) is 4.98 Å². The first kappa shape index (κ1) is 14.1. The Kier molecular flexibility index (Phi) is 4.20. The second-order valence-electron chi connectivity index (χ2n) is 5.87. The van der Waals surface area contributed by atoms with Gasteiger partial charge < -0.3 is 4.90 Å². The SMILES string of the molecule is CN(Cc1cnn(C)c1)[C@@H]1CCCN(c2ccccn2)C1. The minimum atomic E-state index is 0.570. The highest BCUT2D eigenvalue weighted by atomic mass is 15.3. The second kappa shape index (κ2) is 6.26. The monoisotopic (exact) mass is 285 g/mol. The van der Waals surface area contributed by atoms with Gasteiger partial charge in [-0.1, -0.05) is 6.07 Å². The molecule has 2 aromatic heterocycles. The van der Waals surface area contributed by atoms with Gasteiger partial charge in [0.1, 0.15) is 5.82 Å². The summed E-state index contributed by atoms with van der Waals surface area (Å²) in [6, 6.07) is 6.70. The summed E-state index contributed by atoms with van der Waals surface area (Å²) >= 11 is 0. The van der Waals surface area contributed by atoms with E-state index in [0.717, 1.165) is 25.5 Å². The minimum absolute atomic E-state index is 0.570. The van der Waals surface area contributed by atoms with Gasteiger partial charge in [-0.3, -0.25) is 9.58 Å². The van der Waals surface area contributed by atoms with Crippen molar-refractivity contribution in [1.82, 2.24) is 19.7 Å². The summed E-state index contributed by atoms with van der Waals surface area (Å²) in [5.74, 6) is 1.09. The first-order valence-corrected chi connectivity index (χ1v) is 7.56. The largest absolute Gasteiger partial charge is 0.355 e. The van der Waals surface area contributed by atoms with Crippen molar-refractivity contribution < 1.29 is 0 Å². The van der Waals surface area contributed by atoms with E-state index in [0.29, 0.717) is 6.04 Å². The number of aromatic nitrogens is 3. The molecule has 5 nitrogen and oxygen atoms in total. The quantitative estimate of drug-likeness (QED) is 0.860. The van der Waals surface area contributed by atoms with E-state index in [4.69, 9.17) is 0 Å². The van der Waals surface area contributed by atoms with E-state index in [9.17, 15) is 0 Å². The molecule has 1 aliphatic rings. The summed E-state index contributed by atoms with van der Waals surface area (Å²) in [7, 11) is 4.17. The number of pyridine rings is 1. The third-order valence-corrected chi connectivity index (χ3v) is 4.18. The highest BCUT2D eigenvalue weighted by Crippen LogP contribution is 2.21. The molecule has 1 aliphatic heterocycles. The molecule has 0 bridgehead atoms. The van der Waals surface area contributed by atoms with Gasteiger partial charge in [-0.15, -0.1) is 0 Å². The number of piperidine rings is 1. The molecule has 0 N–H and O–H groups in total. The molecule has 21 heavy (non-hydrogen) atoms. The Morgan fingerprint density at radius 1 is 1.38 bits per heavy atom. The first-order chi connectivity index (χ1) is 10.2. The molecule has 3 rings (SSSR count). The predicted octanol–water partition coefficient (Wildman–Crippen LogP) is 1.92. The first-order valence-electron chi connectivity index (χ1n) is 7.56. The van der Waals surface area contributed by atoms with Crippen LogP contribution in [-0.4, -0.2) is 45.8 Å². The highest BCUT2D eigenvalue weighted by Gasteiger charge is 2.24. The maximum absolute atomic E-state index is 4.48. The van der Waals surface area contributed by atoms with Crippen molar-refractivity contribution in [3.8, 4) is 0 Å². The van der Waals surface area contributed by atoms with E-state index in [1.165, 1.54) is 18.4 Å². The van der Waals surface area contributed by atoms with Gasteiger partial charge in [0.25, 0.3) is 0 Å². The number of likely N-dealkylation sites (N-methyl/N-ethyl adjacent to an activating group) is 1. The Morgan fingerprint density at radius 3 is 3.00 bits per heavy atom. The second-order valence-corrected chi connectivity index (χ2v) is 5.87. The Hall–Kier alpha value is -1.88. The van der Waals surface area contributed by atoms with E-state index < -0.39 is 0 Å². The van der Waals surface area contributed by atoms with Crippen LogP contribution in [0, 0.1) is 0 Å². The summed E-state index contributed by atoms with van der Waals surface area (Å²) in [6.07, 6.45) is 8.39. The third kappa shape index (κ3) is 3.42.